The number of aliphatic imine (C=N–C) groups is 1. The minimum atomic E-state index is -0.519. The van der Waals surface area contributed by atoms with Crippen molar-refractivity contribution in [2.24, 2.45) is 4.99 Å². The third kappa shape index (κ3) is 3.49. The van der Waals surface area contributed by atoms with Gasteiger partial charge in [-0.05, 0) is 24.3 Å². The summed E-state index contributed by atoms with van der Waals surface area (Å²) < 4.78 is 5.10. The van der Waals surface area contributed by atoms with Gasteiger partial charge in [-0.2, -0.15) is 0 Å². The van der Waals surface area contributed by atoms with Crippen LogP contribution in [0.3, 0.4) is 0 Å². The molecule has 1 N–H and O–H groups in total. The van der Waals surface area contributed by atoms with Crippen LogP contribution >= 0.6 is 11.6 Å². The van der Waals surface area contributed by atoms with Gasteiger partial charge in [-0.3, -0.25) is 15.1 Å². The van der Waals surface area contributed by atoms with Crippen molar-refractivity contribution in [1.82, 2.24) is 0 Å². The topological polar surface area (TPSA) is 85.0 Å². The van der Waals surface area contributed by atoms with E-state index in [0.717, 1.165) is 0 Å². The highest BCUT2D eigenvalue weighted by Crippen LogP contribution is 2.31. The smallest absolute Gasteiger partial charge is 0.271 e. The van der Waals surface area contributed by atoms with Crippen molar-refractivity contribution in [3.63, 3.8) is 0 Å². The zero-order valence-corrected chi connectivity index (χ0v) is 11.7. The van der Waals surface area contributed by atoms with E-state index in [-0.39, 0.29) is 17.1 Å². The number of nitro benzene ring substituents is 1. The molecule has 6 nitrogen and oxygen atoms in total. The molecule has 2 rings (SSSR count). The summed E-state index contributed by atoms with van der Waals surface area (Å²) in [6.45, 7) is 0. The van der Waals surface area contributed by atoms with Gasteiger partial charge in [0.25, 0.3) is 5.69 Å². The minimum Gasteiger partial charge on any atom is -0.507 e. The Morgan fingerprint density at radius 1 is 1.33 bits per heavy atom. The fraction of sp³-hybridized carbons (Fsp3) is 0.0714. The minimum absolute atomic E-state index is 0.00699. The van der Waals surface area contributed by atoms with Gasteiger partial charge >= 0.3 is 0 Å². The highest BCUT2D eigenvalue weighted by Gasteiger charge is 2.10. The summed E-state index contributed by atoms with van der Waals surface area (Å²) >= 11 is 5.84. The second kappa shape index (κ2) is 6.23. The molecule has 2 aromatic rings. The van der Waals surface area contributed by atoms with E-state index in [0.29, 0.717) is 16.3 Å². The monoisotopic (exact) mass is 306 g/mol. The van der Waals surface area contributed by atoms with Crippen LogP contribution in [0.5, 0.6) is 11.5 Å². The van der Waals surface area contributed by atoms with E-state index in [2.05, 4.69) is 4.99 Å². The van der Waals surface area contributed by atoms with E-state index in [4.69, 9.17) is 16.3 Å². The van der Waals surface area contributed by atoms with Crippen LogP contribution in [-0.2, 0) is 0 Å². The van der Waals surface area contributed by atoms with Crippen molar-refractivity contribution in [3.8, 4) is 11.5 Å². The fourth-order valence-electron chi connectivity index (χ4n) is 1.66. The molecule has 7 heteroatoms. The van der Waals surface area contributed by atoms with E-state index in [1.54, 1.807) is 6.07 Å². The summed E-state index contributed by atoms with van der Waals surface area (Å²) in [5, 5.41) is 20.9. The van der Waals surface area contributed by atoms with Crippen LogP contribution in [0.2, 0.25) is 5.02 Å². The lowest BCUT2D eigenvalue weighted by Gasteiger charge is -2.04. The predicted molar refractivity (Wildman–Crippen MR) is 80.0 cm³/mol. The number of rotatable bonds is 4. The number of phenols is 1. The van der Waals surface area contributed by atoms with Crippen LogP contribution in [0, 0.1) is 10.1 Å². The fourth-order valence-corrected chi connectivity index (χ4v) is 1.84. The van der Waals surface area contributed by atoms with Crippen LogP contribution in [0.25, 0.3) is 0 Å². The summed E-state index contributed by atoms with van der Waals surface area (Å²) in [7, 11) is 1.44. The van der Waals surface area contributed by atoms with E-state index >= 15 is 0 Å². The molecule has 0 spiro atoms. The summed E-state index contributed by atoms with van der Waals surface area (Å²) in [5.41, 5.74) is 0.584. The van der Waals surface area contributed by atoms with Crippen LogP contribution in [0.1, 0.15) is 5.56 Å². The lowest BCUT2D eigenvalue weighted by Crippen LogP contribution is -1.90. The van der Waals surface area contributed by atoms with E-state index in [1.165, 1.54) is 43.7 Å². The molecule has 0 saturated carbocycles. The number of ether oxygens (including phenoxy) is 1. The molecule has 0 atom stereocenters. The summed E-state index contributed by atoms with van der Waals surface area (Å²) in [6, 6.07) is 8.59. The number of hydrogen-bond acceptors (Lipinski definition) is 5. The molecule has 0 unspecified atom stereocenters. The number of phenolic OH excluding ortho intramolecular Hbond substituents is 1. The maximum Gasteiger partial charge on any atom is 0.271 e. The first-order valence-corrected chi connectivity index (χ1v) is 6.24. The maximum atomic E-state index is 10.8. The van der Waals surface area contributed by atoms with E-state index in [1.807, 2.05) is 0 Å². The highest BCUT2D eigenvalue weighted by molar-refractivity contribution is 6.30. The Labute approximate surface area is 125 Å². The number of nitro groups is 1. The number of non-ortho nitro benzene ring substituents is 1. The maximum absolute atomic E-state index is 10.8. The Bertz CT molecular complexity index is 716. The molecular weight excluding hydrogens is 296 g/mol. The molecule has 0 amide bonds. The van der Waals surface area contributed by atoms with Crippen molar-refractivity contribution < 1.29 is 14.8 Å². The first kappa shape index (κ1) is 14.8. The van der Waals surface area contributed by atoms with Crippen molar-refractivity contribution in [3.05, 3.63) is 57.1 Å². The van der Waals surface area contributed by atoms with Gasteiger partial charge < -0.3 is 9.84 Å². The van der Waals surface area contributed by atoms with Crippen LogP contribution < -0.4 is 4.74 Å². The van der Waals surface area contributed by atoms with Gasteiger partial charge in [0.2, 0.25) is 0 Å². The molecule has 0 aromatic heterocycles. The molecule has 21 heavy (non-hydrogen) atoms. The third-order valence-electron chi connectivity index (χ3n) is 2.71. The number of methoxy groups -OCH3 is 1. The molecule has 0 aliphatic carbocycles. The molecule has 0 bridgehead atoms. The number of aromatic hydroxyl groups is 1. The molecule has 2 aromatic carbocycles. The molecule has 0 radical (unpaired) electrons. The van der Waals surface area contributed by atoms with E-state index < -0.39 is 4.92 Å². The average Bonchev–Trinajstić information content (AvgIpc) is 2.47. The molecule has 0 aliphatic rings. The van der Waals surface area contributed by atoms with Gasteiger partial charge in [0, 0.05) is 28.9 Å². The van der Waals surface area contributed by atoms with Gasteiger partial charge in [-0.1, -0.05) is 11.6 Å². The van der Waals surface area contributed by atoms with Crippen molar-refractivity contribution in [2.75, 3.05) is 7.11 Å². The molecule has 0 fully saturated rings. The first-order valence-electron chi connectivity index (χ1n) is 5.86. The third-order valence-corrected chi connectivity index (χ3v) is 2.94. The van der Waals surface area contributed by atoms with Gasteiger partial charge in [0.1, 0.15) is 17.2 Å². The quantitative estimate of drug-likeness (QED) is 0.530. The normalized spacial score (nSPS) is 10.8. The number of benzene rings is 2. The lowest BCUT2D eigenvalue weighted by atomic mass is 10.2. The van der Waals surface area contributed by atoms with Gasteiger partial charge in [-0.15, -0.1) is 0 Å². The Kier molecular flexibility index (Phi) is 4.39. The van der Waals surface area contributed by atoms with Crippen molar-refractivity contribution in [2.45, 2.75) is 0 Å². The lowest BCUT2D eigenvalue weighted by molar-refractivity contribution is -0.384. The molecule has 0 aliphatic heterocycles. The Morgan fingerprint density at radius 2 is 2.10 bits per heavy atom. The molecule has 0 saturated heterocycles. The highest BCUT2D eigenvalue weighted by atomic mass is 35.5. The van der Waals surface area contributed by atoms with Crippen LogP contribution in [0.4, 0.5) is 11.4 Å². The standard InChI is InChI=1S/C14H11ClN2O4/c1-21-14-5-3-11(17(19)20)7-12(14)16-8-9-6-10(15)2-4-13(9)18/h2-8,18H,1H3. The first-order chi connectivity index (χ1) is 10.0. The van der Waals surface area contributed by atoms with Crippen LogP contribution in [0.15, 0.2) is 41.4 Å². The largest absolute Gasteiger partial charge is 0.507 e. The SMILES string of the molecule is COc1ccc([N+](=O)[O-])cc1N=Cc1cc(Cl)ccc1O. The number of halogens is 1. The molecular formula is C14H11ClN2O4. The number of nitrogens with zero attached hydrogens (tertiary/aromatic N) is 2. The Hall–Kier alpha value is -2.60. The van der Waals surface area contributed by atoms with Gasteiger partial charge in [0.15, 0.2) is 0 Å². The second-order valence-electron chi connectivity index (χ2n) is 4.07. The summed E-state index contributed by atoms with van der Waals surface area (Å²) in [4.78, 5) is 14.4. The Morgan fingerprint density at radius 3 is 2.76 bits per heavy atom. The number of hydrogen-bond donors (Lipinski definition) is 1. The molecule has 0 heterocycles. The zero-order chi connectivity index (χ0) is 15.4. The van der Waals surface area contributed by atoms with Crippen molar-refractivity contribution in [1.29, 1.82) is 0 Å². The van der Waals surface area contributed by atoms with Crippen molar-refractivity contribution >= 4 is 29.2 Å². The van der Waals surface area contributed by atoms with Gasteiger partial charge in [0.05, 0.1) is 12.0 Å². The van der Waals surface area contributed by atoms with E-state index in [9.17, 15) is 15.2 Å². The average molecular weight is 307 g/mol. The molecule has 108 valence electrons. The Balaban J connectivity index is 2.41. The zero-order valence-electron chi connectivity index (χ0n) is 11.0. The summed E-state index contributed by atoms with van der Waals surface area (Å²) in [6.07, 6.45) is 1.36. The predicted octanol–water partition coefficient (Wildman–Crippen LogP) is 3.71. The van der Waals surface area contributed by atoms with Gasteiger partial charge in [-0.25, -0.2) is 0 Å². The van der Waals surface area contributed by atoms with Crippen LogP contribution in [-0.4, -0.2) is 23.4 Å². The summed E-state index contributed by atoms with van der Waals surface area (Å²) in [5.74, 6) is 0.394. The second-order valence-corrected chi connectivity index (χ2v) is 4.51.